The maximum Gasteiger partial charge on any atom is 0.191 e. The van der Waals surface area contributed by atoms with Crippen LogP contribution in [0.25, 0.3) is 0 Å². The van der Waals surface area contributed by atoms with Gasteiger partial charge in [-0.05, 0) is 30.0 Å². The molecule has 0 atom stereocenters. The molecule has 0 bridgehead atoms. The molecule has 1 fully saturated rings. The van der Waals surface area contributed by atoms with Gasteiger partial charge in [-0.2, -0.15) is 0 Å². The van der Waals surface area contributed by atoms with E-state index in [4.69, 9.17) is 11.6 Å². The molecule has 1 aliphatic rings. The molecule has 0 radical (unpaired) electrons. The Balaban J connectivity index is 0.00000243. The van der Waals surface area contributed by atoms with Crippen LogP contribution in [-0.2, 0) is 12.0 Å². The van der Waals surface area contributed by atoms with Crippen LogP contribution in [0, 0.1) is 0 Å². The Kier molecular flexibility index (Phi) is 8.15. The highest BCUT2D eigenvalue weighted by molar-refractivity contribution is 14.0. The second-order valence-corrected chi connectivity index (χ2v) is 7.01. The van der Waals surface area contributed by atoms with E-state index in [1.165, 1.54) is 31.2 Å². The standard InChI is InChI=1S/C20H25ClN4.HI/c1-22-19(24-14-16-9-10-18(21)23-13-16)25-15-20(11-5-6-12-20)17-7-3-2-4-8-17;/h2-4,7-10,13H,5-6,11-12,14-15H2,1H3,(H2,22,24,25);1H. The first kappa shape index (κ1) is 21.0. The van der Waals surface area contributed by atoms with Crippen molar-refractivity contribution in [1.29, 1.82) is 0 Å². The van der Waals surface area contributed by atoms with E-state index in [9.17, 15) is 0 Å². The monoisotopic (exact) mass is 484 g/mol. The molecule has 1 heterocycles. The van der Waals surface area contributed by atoms with Crippen LogP contribution in [0.2, 0.25) is 5.15 Å². The Morgan fingerprint density at radius 3 is 2.46 bits per heavy atom. The van der Waals surface area contributed by atoms with Crippen LogP contribution in [0.3, 0.4) is 0 Å². The van der Waals surface area contributed by atoms with Crippen molar-refractivity contribution in [3.8, 4) is 0 Å². The molecule has 2 aromatic rings. The predicted octanol–water partition coefficient (Wildman–Crippen LogP) is 4.53. The van der Waals surface area contributed by atoms with Crippen LogP contribution < -0.4 is 10.6 Å². The summed E-state index contributed by atoms with van der Waals surface area (Å²) in [4.78, 5) is 8.46. The number of rotatable bonds is 5. The topological polar surface area (TPSA) is 49.3 Å². The molecule has 6 heteroatoms. The maximum atomic E-state index is 5.83. The van der Waals surface area contributed by atoms with Crippen molar-refractivity contribution in [3.63, 3.8) is 0 Å². The molecule has 140 valence electrons. The largest absolute Gasteiger partial charge is 0.356 e. The van der Waals surface area contributed by atoms with Gasteiger partial charge in [-0.15, -0.1) is 24.0 Å². The highest BCUT2D eigenvalue weighted by Crippen LogP contribution is 2.40. The minimum atomic E-state index is 0. The van der Waals surface area contributed by atoms with E-state index >= 15 is 0 Å². The van der Waals surface area contributed by atoms with Crippen molar-refractivity contribution < 1.29 is 0 Å². The summed E-state index contributed by atoms with van der Waals surface area (Å²) in [5, 5.41) is 7.39. The Morgan fingerprint density at radius 2 is 1.85 bits per heavy atom. The maximum absolute atomic E-state index is 5.83. The van der Waals surface area contributed by atoms with Crippen molar-refractivity contribution in [1.82, 2.24) is 15.6 Å². The van der Waals surface area contributed by atoms with Gasteiger partial charge in [-0.25, -0.2) is 4.98 Å². The molecule has 0 amide bonds. The van der Waals surface area contributed by atoms with E-state index in [1.807, 2.05) is 6.07 Å². The van der Waals surface area contributed by atoms with E-state index in [2.05, 4.69) is 50.9 Å². The molecule has 2 N–H and O–H groups in total. The van der Waals surface area contributed by atoms with Gasteiger partial charge in [0, 0.05) is 31.7 Å². The predicted molar refractivity (Wildman–Crippen MR) is 119 cm³/mol. The molecule has 1 aliphatic carbocycles. The molecule has 0 spiro atoms. The third kappa shape index (κ3) is 5.33. The average Bonchev–Trinajstić information content (AvgIpc) is 3.14. The fourth-order valence-electron chi connectivity index (χ4n) is 3.58. The zero-order valence-corrected chi connectivity index (χ0v) is 18.1. The van der Waals surface area contributed by atoms with Gasteiger partial charge in [0.15, 0.2) is 5.96 Å². The van der Waals surface area contributed by atoms with Gasteiger partial charge in [-0.3, -0.25) is 4.99 Å². The summed E-state index contributed by atoms with van der Waals surface area (Å²) in [5.41, 5.74) is 2.71. The lowest BCUT2D eigenvalue weighted by Gasteiger charge is -2.30. The summed E-state index contributed by atoms with van der Waals surface area (Å²) in [5.74, 6) is 0.817. The van der Waals surface area contributed by atoms with Crippen molar-refractivity contribution in [2.24, 2.45) is 4.99 Å². The zero-order chi connectivity index (χ0) is 17.5. The zero-order valence-electron chi connectivity index (χ0n) is 15.0. The molecule has 1 aromatic heterocycles. The van der Waals surface area contributed by atoms with Crippen LogP contribution in [0.15, 0.2) is 53.7 Å². The summed E-state index contributed by atoms with van der Waals surface area (Å²) in [6, 6.07) is 14.6. The average molecular weight is 485 g/mol. The summed E-state index contributed by atoms with van der Waals surface area (Å²) in [7, 11) is 1.80. The molecule has 0 saturated heterocycles. The Morgan fingerprint density at radius 1 is 1.12 bits per heavy atom. The Hall–Kier alpha value is -1.34. The third-order valence-electron chi connectivity index (χ3n) is 5.01. The summed E-state index contributed by atoms with van der Waals surface area (Å²) < 4.78 is 0. The van der Waals surface area contributed by atoms with Crippen LogP contribution in [0.5, 0.6) is 0 Å². The second-order valence-electron chi connectivity index (χ2n) is 6.62. The molecular weight excluding hydrogens is 459 g/mol. The van der Waals surface area contributed by atoms with Gasteiger partial charge >= 0.3 is 0 Å². The van der Waals surface area contributed by atoms with Crippen LogP contribution in [0.4, 0.5) is 0 Å². The number of aromatic nitrogens is 1. The molecule has 1 saturated carbocycles. The Bertz CT molecular complexity index is 698. The summed E-state index contributed by atoms with van der Waals surface area (Å²) >= 11 is 5.83. The van der Waals surface area contributed by atoms with E-state index in [-0.39, 0.29) is 29.4 Å². The van der Waals surface area contributed by atoms with Crippen LogP contribution in [-0.4, -0.2) is 24.5 Å². The third-order valence-corrected chi connectivity index (χ3v) is 5.24. The molecule has 26 heavy (non-hydrogen) atoms. The molecule has 0 unspecified atom stereocenters. The number of hydrogen-bond acceptors (Lipinski definition) is 2. The van der Waals surface area contributed by atoms with Crippen molar-refractivity contribution in [2.75, 3.05) is 13.6 Å². The molecule has 3 rings (SSSR count). The van der Waals surface area contributed by atoms with Crippen molar-refractivity contribution in [2.45, 2.75) is 37.6 Å². The normalized spacial score (nSPS) is 16.0. The SMILES string of the molecule is CN=C(NCc1ccc(Cl)nc1)NCC1(c2ccccc2)CCCC1.I. The van der Waals surface area contributed by atoms with Crippen LogP contribution >= 0.6 is 35.6 Å². The Labute approximate surface area is 177 Å². The first-order valence-electron chi connectivity index (χ1n) is 8.82. The van der Waals surface area contributed by atoms with Gasteiger partial charge in [0.1, 0.15) is 5.15 Å². The number of aliphatic imine (C=N–C) groups is 1. The lowest BCUT2D eigenvalue weighted by Crippen LogP contribution is -2.44. The number of hydrogen-bond donors (Lipinski definition) is 2. The number of nitrogens with one attached hydrogen (secondary N) is 2. The van der Waals surface area contributed by atoms with E-state index in [1.54, 1.807) is 19.3 Å². The van der Waals surface area contributed by atoms with Gasteiger partial charge < -0.3 is 10.6 Å². The number of halogens is 2. The molecule has 1 aromatic carbocycles. The number of benzene rings is 1. The minimum absolute atomic E-state index is 0. The fourth-order valence-corrected chi connectivity index (χ4v) is 3.69. The minimum Gasteiger partial charge on any atom is -0.356 e. The number of guanidine groups is 1. The first-order valence-corrected chi connectivity index (χ1v) is 9.20. The van der Waals surface area contributed by atoms with Gasteiger partial charge in [0.25, 0.3) is 0 Å². The van der Waals surface area contributed by atoms with Gasteiger partial charge in [0.2, 0.25) is 0 Å². The molecule has 4 nitrogen and oxygen atoms in total. The quantitative estimate of drug-likeness (QED) is 0.284. The molecular formula is C20H26ClIN4. The van der Waals surface area contributed by atoms with Crippen molar-refractivity contribution >= 4 is 41.5 Å². The van der Waals surface area contributed by atoms with Gasteiger partial charge in [0.05, 0.1) is 0 Å². The number of pyridine rings is 1. The highest BCUT2D eigenvalue weighted by atomic mass is 127. The first-order chi connectivity index (χ1) is 12.2. The summed E-state index contributed by atoms with van der Waals surface area (Å²) in [6.45, 7) is 1.57. The van der Waals surface area contributed by atoms with Gasteiger partial charge in [-0.1, -0.05) is 60.8 Å². The highest BCUT2D eigenvalue weighted by Gasteiger charge is 2.35. The van der Waals surface area contributed by atoms with E-state index < -0.39 is 0 Å². The molecule has 0 aliphatic heterocycles. The number of nitrogens with zero attached hydrogens (tertiary/aromatic N) is 2. The lowest BCUT2D eigenvalue weighted by atomic mass is 9.79. The van der Waals surface area contributed by atoms with Crippen molar-refractivity contribution in [3.05, 3.63) is 64.9 Å². The lowest BCUT2D eigenvalue weighted by molar-refractivity contribution is 0.431. The smallest absolute Gasteiger partial charge is 0.191 e. The van der Waals surface area contributed by atoms with E-state index in [0.717, 1.165) is 18.1 Å². The van der Waals surface area contributed by atoms with E-state index in [0.29, 0.717) is 11.7 Å². The second kappa shape index (κ2) is 10.1. The fraction of sp³-hybridized carbons (Fsp3) is 0.400. The van der Waals surface area contributed by atoms with Crippen LogP contribution in [0.1, 0.15) is 36.8 Å². The summed E-state index contributed by atoms with van der Waals surface area (Å²) in [6.07, 6.45) is 6.81.